The zero-order valence-corrected chi connectivity index (χ0v) is 14.9. The summed E-state index contributed by atoms with van der Waals surface area (Å²) in [5, 5.41) is 15.5. The average Bonchev–Trinajstić information content (AvgIpc) is 3.30. The molecule has 0 saturated heterocycles. The molecule has 0 fully saturated rings. The molecule has 3 aromatic rings. The van der Waals surface area contributed by atoms with Crippen LogP contribution in [0.1, 0.15) is 49.2 Å². The van der Waals surface area contributed by atoms with Crippen LogP contribution in [0.5, 0.6) is 0 Å². The van der Waals surface area contributed by atoms with Crippen LogP contribution in [-0.2, 0) is 19.5 Å². The summed E-state index contributed by atoms with van der Waals surface area (Å²) >= 11 is 0. The summed E-state index contributed by atoms with van der Waals surface area (Å²) < 4.78 is 7.77. The average molecular weight is 340 g/mol. The van der Waals surface area contributed by atoms with Gasteiger partial charge in [-0.1, -0.05) is 13.8 Å². The monoisotopic (exact) mass is 340 g/mol. The molecular formula is C18H24N6O. The zero-order valence-electron chi connectivity index (χ0n) is 14.9. The van der Waals surface area contributed by atoms with Crippen LogP contribution in [0, 0.1) is 6.92 Å². The highest BCUT2D eigenvalue weighted by Crippen LogP contribution is 2.24. The Bertz CT molecular complexity index is 859. The number of nitrogens with zero attached hydrogens (tertiary/aromatic N) is 4. The lowest BCUT2D eigenvalue weighted by Crippen LogP contribution is -2.37. The first kappa shape index (κ1) is 16.1. The van der Waals surface area contributed by atoms with Gasteiger partial charge in [0, 0.05) is 30.5 Å². The zero-order chi connectivity index (χ0) is 17.4. The summed E-state index contributed by atoms with van der Waals surface area (Å²) in [4.78, 5) is 4.65. The maximum Gasteiger partial charge on any atom is 0.153 e. The summed E-state index contributed by atoms with van der Waals surface area (Å²) in [6, 6.07) is 4.32. The van der Waals surface area contributed by atoms with Crippen molar-refractivity contribution in [2.75, 3.05) is 0 Å². The van der Waals surface area contributed by atoms with Gasteiger partial charge in [0.25, 0.3) is 0 Å². The van der Waals surface area contributed by atoms with Crippen molar-refractivity contribution in [2.45, 2.75) is 58.7 Å². The van der Waals surface area contributed by atoms with Crippen LogP contribution in [0.2, 0.25) is 0 Å². The number of aryl methyl sites for hydroxylation is 2. The number of aromatic nitrogens is 5. The van der Waals surface area contributed by atoms with Crippen LogP contribution in [0.15, 0.2) is 22.7 Å². The molecule has 1 unspecified atom stereocenters. The van der Waals surface area contributed by atoms with Crippen LogP contribution >= 0.6 is 0 Å². The lowest BCUT2D eigenvalue weighted by Gasteiger charge is -2.23. The third-order valence-corrected chi connectivity index (χ3v) is 4.68. The quantitative estimate of drug-likeness (QED) is 0.746. The fraction of sp³-hybridized carbons (Fsp3) is 0.500. The molecule has 7 heteroatoms. The molecule has 4 heterocycles. The van der Waals surface area contributed by atoms with Gasteiger partial charge in [-0.3, -0.25) is 5.10 Å². The van der Waals surface area contributed by atoms with Gasteiger partial charge in [-0.2, -0.15) is 10.2 Å². The third-order valence-electron chi connectivity index (χ3n) is 4.68. The molecule has 0 aromatic carbocycles. The predicted octanol–water partition coefficient (Wildman–Crippen LogP) is 2.80. The molecule has 4 rings (SSSR count). The van der Waals surface area contributed by atoms with Crippen LogP contribution in [0.25, 0.3) is 11.5 Å². The summed E-state index contributed by atoms with van der Waals surface area (Å²) in [6.45, 7) is 7.82. The minimum absolute atomic E-state index is 0.370. The number of rotatable bonds is 5. The number of hydrogen-bond acceptors (Lipinski definition) is 5. The Labute approximate surface area is 146 Å². The topological polar surface area (TPSA) is 84.6 Å². The molecular weight excluding hydrogens is 316 g/mol. The van der Waals surface area contributed by atoms with E-state index >= 15 is 0 Å². The second kappa shape index (κ2) is 6.48. The van der Waals surface area contributed by atoms with Gasteiger partial charge in [-0.15, -0.1) is 0 Å². The van der Waals surface area contributed by atoms with Crippen molar-refractivity contribution in [3.8, 4) is 11.5 Å². The smallest absolute Gasteiger partial charge is 0.153 e. The van der Waals surface area contributed by atoms with E-state index in [1.54, 1.807) is 0 Å². The Kier molecular flexibility index (Phi) is 4.17. The second-order valence-corrected chi connectivity index (χ2v) is 7.02. The van der Waals surface area contributed by atoms with Gasteiger partial charge >= 0.3 is 0 Å². The Morgan fingerprint density at radius 1 is 1.40 bits per heavy atom. The minimum atomic E-state index is 0.370. The SMILES string of the molecule is Cc1ccc(-c2[nH]ncc2CNC2CCc3nc(C(C)C)nn3C2)o1. The second-order valence-electron chi connectivity index (χ2n) is 7.02. The summed E-state index contributed by atoms with van der Waals surface area (Å²) in [5.41, 5.74) is 2.06. The van der Waals surface area contributed by atoms with Crippen molar-refractivity contribution in [2.24, 2.45) is 0 Å². The molecule has 25 heavy (non-hydrogen) atoms. The highest BCUT2D eigenvalue weighted by molar-refractivity contribution is 5.56. The van der Waals surface area contributed by atoms with E-state index in [2.05, 4.69) is 44.1 Å². The standard InChI is InChI=1S/C18H24N6O/c1-11(2)18-21-16-7-5-14(10-24(16)23-18)19-8-13-9-20-22-17(13)15-6-4-12(3)25-15/h4,6,9,11,14,19H,5,7-8,10H2,1-3H3,(H,20,22). The number of fused-ring (bicyclic) bond motifs is 1. The molecule has 7 nitrogen and oxygen atoms in total. The minimum Gasteiger partial charge on any atom is -0.460 e. The number of aromatic amines is 1. The number of hydrogen-bond donors (Lipinski definition) is 2. The van der Waals surface area contributed by atoms with Gasteiger partial charge < -0.3 is 9.73 Å². The van der Waals surface area contributed by atoms with Gasteiger partial charge in [0.05, 0.1) is 12.7 Å². The van der Waals surface area contributed by atoms with Crippen molar-refractivity contribution >= 4 is 0 Å². The molecule has 0 radical (unpaired) electrons. The normalized spacial score (nSPS) is 17.2. The first-order valence-electron chi connectivity index (χ1n) is 8.86. The largest absolute Gasteiger partial charge is 0.460 e. The van der Waals surface area contributed by atoms with Crippen LogP contribution in [0.3, 0.4) is 0 Å². The van der Waals surface area contributed by atoms with Crippen LogP contribution < -0.4 is 5.32 Å². The highest BCUT2D eigenvalue weighted by Gasteiger charge is 2.22. The predicted molar refractivity (Wildman–Crippen MR) is 94.1 cm³/mol. The molecule has 0 amide bonds. The first-order valence-corrected chi connectivity index (χ1v) is 8.86. The molecule has 1 aliphatic rings. The van der Waals surface area contributed by atoms with E-state index in [1.807, 2.05) is 25.3 Å². The van der Waals surface area contributed by atoms with E-state index < -0.39 is 0 Å². The Hall–Kier alpha value is -2.41. The van der Waals surface area contributed by atoms with E-state index in [0.29, 0.717) is 12.0 Å². The summed E-state index contributed by atoms with van der Waals surface area (Å²) in [5.74, 6) is 4.15. The fourth-order valence-electron chi connectivity index (χ4n) is 3.22. The Balaban J connectivity index is 1.42. The number of H-pyrrole nitrogens is 1. The Morgan fingerprint density at radius 3 is 3.04 bits per heavy atom. The van der Waals surface area contributed by atoms with E-state index in [4.69, 9.17) is 4.42 Å². The maximum atomic E-state index is 5.71. The van der Waals surface area contributed by atoms with Crippen molar-refractivity contribution in [3.05, 3.63) is 41.3 Å². The third kappa shape index (κ3) is 3.24. The van der Waals surface area contributed by atoms with Crippen molar-refractivity contribution in [3.63, 3.8) is 0 Å². The molecule has 132 valence electrons. The van der Waals surface area contributed by atoms with Crippen molar-refractivity contribution < 1.29 is 4.42 Å². The molecule has 0 spiro atoms. The van der Waals surface area contributed by atoms with Gasteiger partial charge in [0.1, 0.15) is 17.3 Å². The van der Waals surface area contributed by atoms with E-state index in [9.17, 15) is 0 Å². The lowest BCUT2D eigenvalue weighted by atomic mass is 10.1. The van der Waals surface area contributed by atoms with Crippen molar-refractivity contribution in [1.29, 1.82) is 0 Å². The van der Waals surface area contributed by atoms with Crippen LogP contribution in [-0.4, -0.2) is 31.0 Å². The summed E-state index contributed by atoms with van der Waals surface area (Å²) in [6.07, 6.45) is 3.90. The van der Waals surface area contributed by atoms with Gasteiger partial charge in [0.15, 0.2) is 11.6 Å². The number of furan rings is 1. The molecule has 2 N–H and O–H groups in total. The van der Waals surface area contributed by atoms with Gasteiger partial charge in [-0.05, 0) is 25.5 Å². The molecule has 0 saturated carbocycles. The van der Waals surface area contributed by atoms with Gasteiger partial charge in [-0.25, -0.2) is 9.67 Å². The highest BCUT2D eigenvalue weighted by atomic mass is 16.3. The van der Waals surface area contributed by atoms with E-state index in [-0.39, 0.29) is 0 Å². The molecule has 0 aliphatic carbocycles. The van der Waals surface area contributed by atoms with Gasteiger partial charge in [0.2, 0.25) is 0 Å². The van der Waals surface area contributed by atoms with Crippen molar-refractivity contribution in [1.82, 2.24) is 30.3 Å². The number of nitrogens with one attached hydrogen (secondary N) is 2. The van der Waals surface area contributed by atoms with Crippen LogP contribution in [0.4, 0.5) is 0 Å². The molecule has 0 bridgehead atoms. The van der Waals surface area contributed by atoms with E-state index in [0.717, 1.165) is 60.4 Å². The maximum absolute atomic E-state index is 5.71. The lowest BCUT2D eigenvalue weighted by molar-refractivity contribution is 0.357. The fourth-order valence-corrected chi connectivity index (χ4v) is 3.22. The molecule has 3 aromatic heterocycles. The summed E-state index contributed by atoms with van der Waals surface area (Å²) in [7, 11) is 0. The Morgan fingerprint density at radius 2 is 2.28 bits per heavy atom. The first-order chi connectivity index (χ1) is 12.1. The molecule has 1 aliphatic heterocycles. The van der Waals surface area contributed by atoms with E-state index in [1.165, 1.54) is 0 Å². The molecule has 1 atom stereocenters.